The maximum absolute atomic E-state index is 12.3. The summed E-state index contributed by atoms with van der Waals surface area (Å²) in [4.78, 5) is 23.4. The Morgan fingerprint density at radius 3 is 2.88 bits per heavy atom. The molecule has 0 aliphatic carbocycles. The number of carbonyl (C=O) groups excluding carboxylic acids is 1. The second-order valence-corrected chi connectivity index (χ2v) is 6.65. The zero-order valence-electron chi connectivity index (χ0n) is 15.2. The van der Waals surface area contributed by atoms with Crippen molar-refractivity contribution in [1.82, 2.24) is 24.8 Å². The number of nitrogens with one attached hydrogen (secondary N) is 1. The van der Waals surface area contributed by atoms with Crippen molar-refractivity contribution in [3.05, 3.63) is 24.2 Å². The number of rotatable bonds is 5. The van der Waals surface area contributed by atoms with Crippen molar-refractivity contribution in [3.63, 3.8) is 0 Å². The van der Waals surface area contributed by atoms with Crippen LogP contribution in [-0.4, -0.2) is 51.7 Å². The first-order valence-corrected chi connectivity index (χ1v) is 9.00. The van der Waals surface area contributed by atoms with Gasteiger partial charge in [0.2, 0.25) is 0 Å². The topological polar surface area (TPSA) is 72.3 Å². The third kappa shape index (κ3) is 3.76. The third-order valence-corrected chi connectivity index (χ3v) is 4.89. The first-order chi connectivity index (χ1) is 12.1. The van der Waals surface area contributed by atoms with Gasteiger partial charge in [-0.15, -0.1) is 0 Å². The quantitative estimate of drug-likeness (QED) is 0.904. The zero-order valence-corrected chi connectivity index (χ0v) is 15.2. The summed E-state index contributed by atoms with van der Waals surface area (Å²) in [5, 5.41) is 3.05. The van der Waals surface area contributed by atoms with Gasteiger partial charge in [0.05, 0.1) is 0 Å². The second-order valence-electron chi connectivity index (χ2n) is 6.65. The molecule has 1 N–H and O–H groups in total. The minimum atomic E-state index is 0.0403. The summed E-state index contributed by atoms with van der Waals surface area (Å²) in [5.74, 6) is 0.902. The molecule has 3 heterocycles. The van der Waals surface area contributed by atoms with Gasteiger partial charge in [-0.2, -0.15) is 0 Å². The fourth-order valence-electron chi connectivity index (χ4n) is 3.32. The molecule has 0 radical (unpaired) electrons. The smallest absolute Gasteiger partial charge is 0.317 e. The Labute approximate surface area is 148 Å². The van der Waals surface area contributed by atoms with E-state index < -0.39 is 0 Å². The van der Waals surface area contributed by atoms with Crippen LogP contribution in [0, 0.1) is 0 Å². The van der Waals surface area contributed by atoms with E-state index in [4.69, 9.17) is 4.74 Å². The van der Waals surface area contributed by atoms with Crippen molar-refractivity contribution >= 4 is 17.2 Å². The molecule has 2 amide bonds. The van der Waals surface area contributed by atoms with Gasteiger partial charge in [0.1, 0.15) is 17.9 Å². The maximum Gasteiger partial charge on any atom is 0.317 e. The lowest BCUT2D eigenvalue weighted by molar-refractivity contribution is 0.156. The molecular formula is C18H27N5O2. The van der Waals surface area contributed by atoms with Crippen LogP contribution in [0.4, 0.5) is 4.79 Å². The van der Waals surface area contributed by atoms with Crippen LogP contribution in [0.3, 0.4) is 0 Å². The molecule has 136 valence electrons. The number of likely N-dealkylation sites (tertiary alicyclic amines) is 1. The number of amides is 2. The summed E-state index contributed by atoms with van der Waals surface area (Å²) < 4.78 is 7.52. The molecule has 0 saturated carbocycles. The van der Waals surface area contributed by atoms with Crippen molar-refractivity contribution in [1.29, 1.82) is 0 Å². The Morgan fingerprint density at radius 2 is 2.20 bits per heavy atom. The molecule has 25 heavy (non-hydrogen) atoms. The molecule has 3 rings (SSSR count). The minimum Gasteiger partial charge on any atom is -0.377 e. The average Bonchev–Trinajstić information content (AvgIpc) is 3.00. The first-order valence-electron chi connectivity index (χ1n) is 9.00. The molecule has 1 atom stereocenters. The predicted molar refractivity (Wildman–Crippen MR) is 96.4 cm³/mol. The van der Waals surface area contributed by atoms with Crippen LogP contribution in [-0.2, 0) is 11.3 Å². The summed E-state index contributed by atoms with van der Waals surface area (Å²) in [6.45, 7) is 6.05. The van der Waals surface area contributed by atoms with Crippen LogP contribution < -0.4 is 5.32 Å². The first kappa shape index (κ1) is 17.7. The molecule has 1 saturated heterocycles. The Kier molecular flexibility index (Phi) is 5.53. The average molecular weight is 345 g/mol. The zero-order chi connectivity index (χ0) is 17.8. The largest absolute Gasteiger partial charge is 0.377 e. The van der Waals surface area contributed by atoms with Gasteiger partial charge < -0.3 is 19.5 Å². The van der Waals surface area contributed by atoms with Gasteiger partial charge in [-0.3, -0.25) is 0 Å². The van der Waals surface area contributed by atoms with Crippen molar-refractivity contribution in [2.24, 2.45) is 0 Å². The van der Waals surface area contributed by atoms with Crippen LogP contribution in [0.1, 0.15) is 45.0 Å². The van der Waals surface area contributed by atoms with Crippen LogP contribution >= 0.6 is 0 Å². The number of urea groups is 1. The molecule has 7 heteroatoms. The minimum absolute atomic E-state index is 0.0403. The van der Waals surface area contributed by atoms with Gasteiger partial charge in [-0.05, 0) is 38.3 Å². The summed E-state index contributed by atoms with van der Waals surface area (Å²) in [7, 11) is 1.68. The highest BCUT2D eigenvalue weighted by molar-refractivity contribution is 5.74. The van der Waals surface area contributed by atoms with Crippen molar-refractivity contribution in [2.75, 3.05) is 20.2 Å². The Hall–Kier alpha value is -2.15. The molecule has 1 fully saturated rings. The molecule has 2 aromatic rings. The fourth-order valence-corrected chi connectivity index (χ4v) is 3.32. The van der Waals surface area contributed by atoms with Gasteiger partial charge in [-0.1, -0.05) is 6.92 Å². The molecular weight excluding hydrogens is 318 g/mol. The van der Waals surface area contributed by atoms with Crippen LogP contribution in [0.15, 0.2) is 18.3 Å². The van der Waals surface area contributed by atoms with E-state index in [1.807, 2.05) is 24.0 Å². The lowest BCUT2D eigenvalue weighted by atomic mass is 10.0. The monoisotopic (exact) mass is 345 g/mol. The summed E-state index contributed by atoms with van der Waals surface area (Å²) in [6.07, 6.45) is 4.53. The molecule has 7 nitrogen and oxygen atoms in total. The number of hydrogen-bond acceptors (Lipinski definition) is 4. The number of piperidine rings is 1. The SMILES string of the molecule is CC[C@H](C)NC(=O)N1CCC(n2c(COC)nc3cccnc32)CC1. The number of ether oxygens (including phenoxy) is 1. The van der Waals surface area contributed by atoms with Gasteiger partial charge in [0, 0.05) is 38.5 Å². The van der Waals surface area contributed by atoms with E-state index in [1.54, 1.807) is 13.3 Å². The molecule has 2 aromatic heterocycles. The van der Waals surface area contributed by atoms with Crippen molar-refractivity contribution < 1.29 is 9.53 Å². The third-order valence-electron chi connectivity index (χ3n) is 4.89. The van der Waals surface area contributed by atoms with E-state index in [9.17, 15) is 4.79 Å². The van der Waals surface area contributed by atoms with Crippen molar-refractivity contribution in [2.45, 2.75) is 51.8 Å². The number of fused-ring (bicyclic) bond motifs is 1. The molecule has 0 spiro atoms. The van der Waals surface area contributed by atoms with Gasteiger partial charge in [0.15, 0.2) is 5.65 Å². The summed E-state index contributed by atoms with van der Waals surface area (Å²) >= 11 is 0. The Balaban J connectivity index is 1.73. The number of methoxy groups -OCH3 is 1. The number of imidazole rings is 1. The molecule has 1 aliphatic heterocycles. The van der Waals surface area contributed by atoms with Crippen molar-refractivity contribution in [3.8, 4) is 0 Å². The van der Waals surface area contributed by atoms with Gasteiger partial charge in [0.25, 0.3) is 0 Å². The van der Waals surface area contributed by atoms with Crippen LogP contribution in [0.25, 0.3) is 11.2 Å². The second kappa shape index (κ2) is 7.82. The lowest BCUT2D eigenvalue weighted by Gasteiger charge is -2.34. The molecule has 0 aromatic carbocycles. The number of pyridine rings is 1. The van der Waals surface area contributed by atoms with E-state index in [1.165, 1.54) is 0 Å². The standard InChI is InChI=1S/C18H27N5O2/c1-4-13(2)20-18(24)22-10-7-14(8-11-22)23-16(12-25-3)21-15-6-5-9-19-17(15)23/h5-6,9,13-14H,4,7-8,10-12H2,1-3H3,(H,20,24)/t13-/m0/s1. The number of carbonyl (C=O) groups is 1. The van der Waals surface area contributed by atoms with Crippen LogP contribution in [0.5, 0.6) is 0 Å². The number of aromatic nitrogens is 3. The fraction of sp³-hybridized carbons (Fsp3) is 0.611. The van der Waals surface area contributed by atoms with Gasteiger partial charge >= 0.3 is 6.03 Å². The highest BCUT2D eigenvalue weighted by Gasteiger charge is 2.27. The Bertz CT molecular complexity index is 721. The highest BCUT2D eigenvalue weighted by atomic mass is 16.5. The Morgan fingerprint density at radius 1 is 1.44 bits per heavy atom. The predicted octanol–water partition coefficient (Wildman–Crippen LogP) is 2.72. The van der Waals surface area contributed by atoms with E-state index in [0.29, 0.717) is 6.61 Å². The normalized spacial score (nSPS) is 17.0. The van der Waals surface area contributed by atoms with Gasteiger partial charge in [-0.25, -0.2) is 14.8 Å². The van der Waals surface area contributed by atoms with E-state index >= 15 is 0 Å². The van der Waals surface area contributed by atoms with E-state index in [2.05, 4.69) is 26.8 Å². The highest BCUT2D eigenvalue weighted by Crippen LogP contribution is 2.28. The van der Waals surface area contributed by atoms with E-state index in [0.717, 1.165) is 49.3 Å². The maximum atomic E-state index is 12.3. The molecule has 1 aliphatic rings. The summed E-state index contributed by atoms with van der Waals surface area (Å²) in [5.41, 5.74) is 1.79. The summed E-state index contributed by atoms with van der Waals surface area (Å²) in [6, 6.07) is 4.42. The lowest BCUT2D eigenvalue weighted by Crippen LogP contribution is -2.47. The molecule has 0 bridgehead atoms. The number of hydrogen-bond donors (Lipinski definition) is 1. The number of nitrogens with zero attached hydrogens (tertiary/aromatic N) is 4. The van der Waals surface area contributed by atoms with Crippen LogP contribution in [0.2, 0.25) is 0 Å². The molecule has 0 unspecified atom stereocenters. The van der Waals surface area contributed by atoms with E-state index in [-0.39, 0.29) is 18.1 Å².